The van der Waals surface area contributed by atoms with Crippen LogP contribution in [0.15, 0.2) is 42.5 Å². The fraction of sp³-hybridized carbons (Fsp3) is 0.333. The van der Waals surface area contributed by atoms with Crippen molar-refractivity contribution in [1.29, 1.82) is 0 Å². The van der Waals surface area contributed by atoms with Gasteiger partial charge < -0.3 is 5.73 Å². The van der Waals surface area contributed by atoms with Crippen molar-refractivity contribution in [2.24, 2.45) is 5.73 Å². The van der Waals surface area contributed by atoms with E-state index in [1.807, 2.05) is 0 Å². The minimum Gasteiger partial charge on any atom is -0.326 e. The normalized spacial score (nSPS) is 12.4. The summed E-state index contributed by atoms with van der Waals surface area (Å²) in [4.78, 5) is 0. The van der Waals surface area contributed by atoms with Crippen LogP contribution in [-0.2, 0) is 6.54 Å². The van der Waals surface area contributed by atoms with Gasteiger partial charge in [0.15, 0.2) is 0 Å². The summed E-state index contributed by atoms with van der Waals surface area (Å²) >= 11 is 0. The smallest absolute Gasteiger partial charge is 0.0178 e. The minimum absolute atomic E-state index is 0.588. The maximum absolute atomic E-state index is 5.66. The van der Waals surface area contributed by atoms with Crippen LogP contribution in [0.5, 0.6) is 0 Å². The molecule has 2 N–H and O–H groups in total. The van der Waals surface area contributed by atoms with Crippen LogP contribution >= 0.6 is 0 Å². The van der Waals surface area contributed by atoms with Gasteiger partial charge >= 0.3 is 0 Å². The number of hydrogen-bond acceptors (Lipinski definition) is 1. The van der Waals surface area contributed by atoms with Gasteiger partial charge in [-0.1, -0.05) is 61.9 Å². The molecule has 0 aliphatic heterocycles. The Morgan fingerprint density at radius 2 is 1.74 bits per heavy atom. The first kappa shape index (κ1) is 13.8. The molecule has 0 radical (unpaired) electrons. The van der Waals surface area contributed by atoms with Gasteiger partial charge in [0.1, 0.15) is 0 Å². The largest absolute Gasteiger partial charge is 0.326 e. The summed E-state index contributed by atoms with van der Waals surface area (Å²) in [7, 11) is 0. The molecule has 0 aliphatic rings. The zero-order valence-electron chi connectivity index (χ0n) is 12.1. The van der Waals surface area contributed by atoms with Gasteiger partial charge in [0.25, 0.3) is 0 Å². The molecule has 0 spiro atoms. The lowest BCUT2D eigenvalue weighted by Crippen LogP contribution is -1.98. The van der Waals surface area contributed by atoms with Crippen LogP contribution in [0, 0.1) is 6.92 Å². The van der Waals surface area contributed by atoms with Gasteiger partial charge in [0.2, 0.25) is 0 Å². The Hall–Kier alpha value is -1.60. The van der Waals surface area contributed by atoms with Crippen molar-refractivity contribution >= 4 is 0 Å². The first-order valence-corrected chi connectivity index (χ1v) is 7.05. The van der Waals surface area contributed by atoms with Gasteiger partial charge in [-0.15, -0.1) is 0 Å². The van der Waals surface area contributed by atoms with E-state index in [4.69, 9.17) is 5.73 Å². The minimum atomic E-state index is 0.588. The summed E-state index contributed by atoms with van der Waals surface area (Å²) in [6.07, 6.45) is 1.16. The second-order valence-corrected chi connectivity index (χ2v) is 5.30. The Morgan fingerprint density at radius 3 is 2.32 bits per heavy atom. The monoisotopic (exact) mass is 253 g/mol. The quantitative estimate of drug-likeness (QED) is 0.844. The summed E-state index contributed by atoms with van der Waals surface area (Å²) < 4.78 is 0. The molecule has 2 rings (SSSR count). The SMILES string of the molecule is CCC(C)c1ccc(C)cc1-c1ccc(CN)cc1. The molecule has 0 saturated carbocycles. The molecule has 0 aliphatic carbocycles. The molecule has 2 aromatic rings. The lowest BCUT2D eigenvalue weighted by atomic mass is 9.89. The number of rotatable bonds is 4. The van der Waals surface area contributed by atoms with Crippen molar-refractivity contribution in [2.75, 3.05) is 0 Å². The highest BCUT2D eigenvalue weighted by Gasteiger charge is 2.10. The van der Waals surface area contributed by atoms with Gasteiger partial charge in [0, 0.05) is 6.54 Å². The topological polar surface area (TPSA) is 26.0 Å². The van der Waals surface area contributed by atoms with Crippen molar-refractivity contribution in [2.45, 2.75) is 39.7 Å². The molecule has 0 saturated heterocycles. The van der Waals surface area contributed by atoms with E-state index < -0.39 is 0 Å². The van der Waals surface area contributed by atoms with Gasteiger partial charge in [-0.2, -0.15) is 0 Å². The second kappa shape index (κ2) is 6.03. The van der Waals surface area contributed by atoms with E-state index >= 15 is 0 Å². The predicted molar refractivity (Wildman–Crippen MR) is 83.2 cm³/mol. The Kier molecular flexibility index (Phi) is 4.39. The van der Waals surface area contributed by atoms with Crippen molar-refractivity contribution in [3.8, 4) is 11.1 Å². The highest BCUT2D eigenvalue weighted by molar-refractivity contribution is 5.69. The summed E-state index contributed by atoms with van der Waals surface area (Å²) in [5.41, 5.74) is 12.2. The first-order valence-electron chi connectivity index (χ1n) is 7.05. The van der Waals surface area contributed by atoms with Crippen molar-refractivity contribution in [3.63, 3.8) is 0 Å². The molecular weight excluding hydrogens is 230 g/mol. The fourth-order valence-electron chi connectivity index (χ4n) is 2.39. The fourth-order valence-corrected chi connectivity index (χ4v) is 2.39. The second-order valence-electron chi connectivity index (χ2n) is 5.30. The Balaban J connectivity index is 2.49. The molecule has 1 atom stereocenters. The van der Waals surface area contributed by atoms with Gasteiger partial charge in [-0.3, -0.25) is 0 Å². The third-order valence-electron chi connectivity index (χ3n) is 3.85. The van der Waals surface area contributed by atoms with Crippen LogP contribution in [0.1, 0.15) is 42.9 Å². The lowest BCUT2D eigenvalue weighted by molar-refractivity contribution is 0.735. The Bertz CT molecular complexity index is 540. The Labute approximate surface area is 116 Å². The van der Waals surface area contributed by atoms with Gasteiger partial charge in [-0.05, 0) is 41.5 Å². The van der Waals surface area contributed by atoms with Crippen molar-refractivity contribution in [1.82, 2.24) is 0 Å². The summed E-state index contributed by atoms with van der Waals surface area (Å²) in [6.45, 7) is 7.29. The molecule has 0 aromatic heterocycles. The predicted octanol–water partition coefficient (Wildman–Crippen LogP) is 4.63. The molecule has 100 valence electrons. The molecule has 1 nitrogen and oxygen atoms in total. The van der Waals surface area contributed by atoms with Crippen molar-refractivity contribution in [3.05, 3.63) is 59.2 Å². The third-order valence-corrected chi connectivity index (χ3v) is 3.85. The highest BCUT2D eigenvalue weighted by Crippen LogP contribution is 2.31. The summed E-state index contributed by atoms with van der Waals surface area (Å²) in [6, 6.07) is 15.4. The Morgan fingerprint density at radius 1 is 1.05 bits per heavy atom. The van der Waals surface area contributed by atoms with Crippen LogP contribution < -0.4 is 5.73 Å². The average Bonchev–Trinajstić information content (AvgIpc) is 2.46. The van der Waals surface area contributed by atoms with E-state index in [2.05, 4.69) is 63.2 Å². The van der Waals surface area contributed by atoms with Crippen LogP contribution in [0.2, 0.25) is 0 Å². The average molecular weight is 253 g/mol. The number of aryl methyl sites for hydroxylation is 1. The van der Waals surface area contributed by atoms with Crippen molar-refractivity contribution < 1.29 is 0 Å². The summed E-state index contributed by atoms with van der Waals surface area (Å²) in [5.74, 6) is 0.588. The number of hydrogen-bond donors (Lipinski definition) is 1. The molecule has 0 bridgehead atoms. The standard InChI is InChI=1S/C18H23N/c1-4-14(3)17-10-5-13(2)11-18(17)16-8-6-15(12-19)7-9-16/h5-11,14H,4,12,19H2,1-3H3. The third kappa shape index (κ3) is 3.05. The molecule has 1 heteroatoms. The molecule has 0 amide bonds. The number of benzene rings is 2. The molecular formula is C18H23N. The zero-order chi connectivity index (χ0) is 13.8. The molecule has 1 unspecified atom stereocenters. The van der Waals surface area contributed by atoms with E-state index in [0.29, 0.717) is 12.5 Å². The number of nitrogens with two attached hydrogens (primary N) is 1. The van der Waals surface area contributed by atoms with Crippen LogP contribution in [-0.4, -0.2) is 0 Å². The van der Waals surface area contributed by atoms with E-state index in [1.165, 1.54) is 27.8 Å². The zero-order valence-corrected chi connectivity index (χ0v) is 12.1. The lowest BCUT2D eigenvalue weighted by Gasteiger charge is -2.16. The van der Waals surface area contributed by atoms with E-state index in [9.17, 15) is 0 Å². The van der Waals surface area contributed by atoms with E-state index in [-0.39, 0.29) is 0 Å². The van der Waals surface area contributed by atoms with Crippen LogP contribution in [0.25, 0.3) is 11.1 Å². The molecule has 0 heterocycles. The van der Waals surface area contributed by atoms with E-state index in [0.717, 1.165) is 6.42 Å². The summed E-state index contributed by atoms with van der Waals surface area (Å²) in [5, 5.41) is 0. The van der Waals surface area contributed by atoms with Crippen LogP contribution in [0.4, 0.5) is 0 Å². The maximum Gasteiger partial charge on any atom is 0.0178 e. The van der Waals surface area contributed by atoms with Gasteiger partial charge in [0.05, 0.1) is 0 Å². The maximum atomic E-state index is 5.66. The molecule has 2 aromatic carbocycles. The molecule has 19 heavy (non-hydrogen) atoms. The van der Waals surface area contributed by atoms with E-state index in [1.54, 1.807) is 0 Å². The van der Waals surface area contributed by atoms with Crippen LogP contribution in [0.3, 0.4) is 0 Å². The molecule has 0 fully saturated rings. The first-order chi connectivity index (χ1) is 9.15. The highest BCUT2D eigenvalue weighted by atomic mass is 14.5. The van der Waals surface area contributed by atoms with Gasteiger partial charge in [-0.25, -0.2) is 0 Å².